The SMILES string of the molecule is CCc1nn(C)c(CC)c1CNC(=NC)NCc1nc(C(F)(F)F)cs1. The summed E-state index contributed by atoms with van der Waals surface area (Å²) in [6, 6.07) is 0. The fourth-order valence-electron chi connectivity index (χ4n) is 2.67. The van der Waals surface area contributed by atoms with Gasteiger partial charge in [0, 0.05) is 37.3 Å². The van der Waals surface area contributed by atoms with Crippen molar-refractivity contribution in [1.82, 2.24) is 25.4 Å². The summed E-state index contributed by atoms with van der Waals surface area (Å²) >= 11 is 0.969. The van der Waals surface area contributed by atoms with Crippen LogP contribution in [-0.4, -0.2) is 27.8 Å². The summed E-state index contributed by atoms with van der Waals surface area (Å²) in [4.78, 5) is 7.71. The first-order valence-electron chi connectivity index (χ1n) is 8.29. The van der Waals surface area contributed by atoms with Crippen LogP contribution in [0.1, 0.15) is 41.5 Å². The molecule has 0 aliphatic carbocycles. The molecular weight excluding hydrogens is 365 g/mol. The predicted molar refractivity (Wildman–Crippen MR) is 96.1 cm³/mol. The van der Waals surface area contributed by atoms with Crippen LogP contribution in [0, 0.1) is 0 Å². The number of alkyl halides is 3. The van der Waals surface area contributed by atoms with Crippen LogP contribution in [-0.2, 0) is 39.2 Å². The molecule has 0 bridgehead atoms. The van der Waals surface area contributed by atoms with Crippen LogP contribution in [0.5, 0.6) is 0 Å². The zero-order chi connectivity index (χ0) is 19.3. The van der Waals surface area contributed by atoms with Crippen molar-refractivity contribution in [3.05, 3.63) is 33.0 Å². The average molecular weight is 388 g/mol. The second-order valence-electron chi connectivity index (χ2n) is 5.61. The molecule has 0 amide bonds. The number of guanidine groups is 1. The van der Waals surface area contributed by atoms with Crippen molar-refractivity contribution < 1.29 is 13.2 Å². The molecule has 0 fully saturated rings. The normalized spacial score (nSPS) is 12.5. The van der Waals surface area contributed by atoms with Gasteiger partial charge in [-0.05, 0) is 12.8 Å². The first-order chi connectivity index (χ1) is 12.3. The Balaban J connectivity index is 1.98. The first kappa shape index (κ1) is 20.2. The minimum atomic E-state index is -4.41. The summed E-state index contributed by atoms with van der Waals surface area (Å²) in [5, 5.41) is 12.1. The van der Waals surface area contributed by atoms with Crippen molar-refractivity contribution in [3.63, 3.8) is 0 Å². The van der Waals surface area contributed by atoms with E-state index in [1.807, 2.05) is 11.7 Å². The van der Waals surface area contributed by atoms with Gasteiger partial charge < -0.3 is 10.6 Å². The summed E-state index contributed by atoms with van der Waals surface area (Å²) in [6.45, 7) is 4.85. The lowest BCUT2D eigenvalue weighted by atomic mass is 10.1. The first-order valence-corrected chi connectivity index (χ1v) is 9.17. The van der Waals surface area contributed by atoms with Crippen molar-refractivity contribution >= 4 is 17.3 Å². The maximum Gasteiger partial charge on any atom is 0.434 e. The molecule has 2 aromatic rings. The van der Waals surface area contributed by atoms with Crippen LogP contribution >= 0.6 is 11.3 Å². The van der Waals surface area contributed by atoms with E-state index < -0.39 is 11.9 Å². The zero-order valence-corrected chi connectivity index (χ0v) is 16.1. The number of nitrogens with zero attached hydrogens (tertiary/aromatic N) is 4. The molecule has 0 atom stereocenters. The number of aryl methyl sites for hydroxylation is 2. The van der Waals surface area contributed by atoms with Crippen LogP contribution in [0.4, 0.5) is 13.2 Å². The standard InChI is InChI=1S/C16H23F3N6S/c1-5-11-10(12(6-2)25(4)24-11)7-21-15(20-3)22-8-14-23-13(9-26-14)16(17,18)19/h9H,5-8H2,1-4H3,(H2,20,21,22). The van der Waals surface area contributed by atoms with E-state index >= 15 is 0 Å². The minimum absolute atomic E-state index is 0.175. The van der Waals surface area contributed by atoms with Gasteiger partial charge in [-0.3, -0.25) is 9.67 Å². The molecule has 2 aromatic heterocycles. The van der Waals surface area contributed by atoms with Crippen LogP contribution in [0.15, 0.2) is 10.4 Å². The lowest BCUT2D eigenvalue weighted by Crippen LogP contribution is -2.36. The molecule has 6 nitrogen and oxygen atoms in total. The Morgan fingerprint density at radius 2 is 1.92 bits per heavy atom. The van der Waals surface area contributed by atoms with E-state index in [4.69, 9.17) is 0 Å². The Kier molecular flexibility index (Phi) is 6.63. The Bertz CT molecular complexity index is 763. The van der Waals surface area contributed by atoms with Gasteiger partial charge >= 0.3 is 6.18 Å². The summed E-state index contributed by atoms with van der Waals surface area (Å²) in [5.74, 6) is 0.502. The molecule has 0 aliphatic rings. The second-order valence-corrected chi connectivity index (χ2v) is 6.55. The molecular formula is C16H23F3N6S. The third-order valence-corrected chi connectivity index (χ3v) is 4.78. The molecule has 0 aromatic carbocycles. The molecule has 0 radical (unpaired) electrons. The number of thiazole rings is 1. The number of hydrogen-bond acceptors (Lipinski definition) is 4. The molecule has 0 unspecified atom stereocenters. The Morgan fingerprint density at radius 1 is 1.23 bits per heavy atom. The van der Waals surface area contributed by atoms with E-state index in [0.717, 1.165) is 46.5 Å². The largest absolute Gasteiger partial charge is 0.434 e. The highest BCUT2D eigenvalue weighted by Crippen LogP contribution is 2.29. The van der Waals surface area contributed by atoms with Gasteiger partial charge in [0.25, 0.3) is 0 Å². The summed E-state index contributed by atoms with van der Waals surface area (Å²) in [7, 11) is 3.54. The van der Waals surface area contributed by atoms with Crippen molar-refractivity contribution in [2.75, 3.05) is 7.05 Å². The van der Waals surface area contributed by atoms with E-state index in [1.54, 1.807) is 7.05 Å². The van der Waals surface area contributed by atoms with Crippen molar-refractivity contribution in [2.24, 2.45) is 12.0 Å². The van der Waals surface area contributed by atoms with Crippen molar-refractivity contribution in [2.45, 2.75) is 46.0 Å². The van der Waals surface area contributed by atoms with Gasteiger partial charge in [-0.25, -0.2) is 4.98 Å². The molecule has 10 heteroatoms. The van der Waals surface area contributed by atoms with Crippen LogP contribution in [0.2, 0.25) is 0 Å². The molecule has 2 heterocycles. The maximum absolute atomic E-state index is 12.6. The monoisotopic (exact) mass is 388 g/mol. The number of aliphatic imine (C=N–C) groups is 1. The third kappa shape index (κ3) is 4.75. The van der Waals surface area contributed by atoms with Crippen LogP contribution < -0.4 is 10.6 Å². The van der Waals surface area contributed by atoms with E-state index in [2.05, 4.69) is 39.6 Å². The Morgan fingerprint density at radius 3 is 2.46 bits per heavy atom. The van der Waals surface area contributed by atoms with Gasteiger partial charge in [0.1, 0.15) is 5.01 Å². The predicted octanol–water partition coefficient (Wildman–Crippen LogP) is 2.89. The van der Waals surface area contributed by atoms with E-state index in [9.17, 15) is 13.2 Å². The van der Waals surface area contributed by atoms with Gasteiger partial charge in [0.15, 0.2) is 11.7 Å². The van der Waals surface area contributed by atoms with Crippen molar-refractivity contribution in [3.8, 4) is 0 Å². The lowest BCUT2D eigenvalue weighted by Gasteiger charge is -2.12. The molecule has 0 spiro atoms. The quantitative estimate of drug-likeness (QED) is 0.590. The van der Waals surface area contributed by atoms with Crippen molar-refractivity contribution in [1.29, 1.82) is 0 Å². The fraction of sp³-hybridized carbons (Fsp3) is 0.562. The second kappa shape index (κ2) is 8.52. The van der Waals surface area contributed by atoms with E-state index in [-0.39, 0.29) is 6.54 Å². The number of hydrogen-bond donors (Lipinski definition) is 2. The number of nitrogens with one attached hydrogen (secondary N) is 2. The minimum Gasteiger partial charge on any atom is -0.352 e. The molecule has 0 saturated carbocycles. The van der Waals surface area contributed by atoms with Gasteiger partial charge in [-0.1, -0.05) is 13.8 Å². The maximum atomic E-state index is 12.6. The highest BCUT2D eigenvalue weighted by atomic mass is 32.1. The molecule has 0 aliphatic heterocycles. The van der Waals surface area contributed by atoms with Gasteiger partial charge in [-0.2, -0.15) is 18.3 Å². The van der Waals surface area contributed by atoms with Crippen LogP contribution in [0.3, 0.4) is 0 Å². The van der Waals surface area contributed by atoms with Gasteiger partial charge in [-0.15, -0.1) is 11.3 Å². The summed E-state index contributed by atoms with van der Waals surface area (Å²) < 4.78 is 39.7. The smallest absolute Gasteiger partial charge is 0.352 e. The molecule has 0 saturated heterocycles. The van der Waals surface area contributed by atoms with E-state index in [0.29, 0.717) is 17.5 Å². The van der Waals surface area contributed by atoms with E-state index in [1.165, 1.54) is 0 Å². The number of aromatic nitrogens is 3. The van der Waals surface area contributed by atoms with Gasteiger partial charge in [0.2, 0.25) is 0 Å². The number of halogens is 3. The topological polar surface area (TPSA) is 67.1 Å². The fourth-order valence-corrected chi connectivity index (χ4v) is 3.41. The Labute approximate surface area is 154 Å². The highest BCUT2D eigenvalue weighted by molar-refractivity contribution is 7.09. The third-order valence-electron chi connectivity index (χ3n) is 3.93. The Hall–Kier alpha value is -2.10. The van der Waals surface area contributed by atoms with Crippen LogP contribution in [0.25, 0.3) is 0 Å². The zero-order valence-electron chi connectivity index (χ0n) is 15.2. The molecule has 2 N–H and O–H groups in total. The average Bonchev–Trinajstić information content (AvgIpc) is 3.19. The lowest BCUT2D eigenvalue weighted by molar-refractivity contribution is -0.140. The number of rotatable bonds is 6. The summed E-state index contributed by atoms with van der Waals surface area (Å²) in [5.41, 5.74) is 2.45. The van der Waals surface area contributed by atoms with Gasteiger partial charge in [0.05, 0.1) is 12.2 Å². The highest BCUT2D eigenvalue weighted by Gasteiger charge is 2.33. The molecule has 26 heavy (non-hydrogen) atoms. The molecule has 2 rings (SSSR count). The molecule has 144 valence electrons. The summed E-state index contributed by atoms with van der Waals surface area (Å²) in [6.07, 6.45) is -2.72.